The highest BCUT2D eigenvalue weighted by Crippen LogP contribution is 2.24. The fraction of sp³-hybridized carbons (Fsp3) is 0.400. The molecule has 0 aromatic carbocycles. The number of nitrogens with one attached hydrogen (secondary N) is 1. The predicted octanol–water partition coefficient (Wildman–Crippen LogP) is 2.66. The number of rotatable bonds is 5. The first-order valence-electron chi connectivity index (χ1n) is 7.15. The Kier molecular flexibility index (Phi) is 4.31. The molecule has 1 saturated heterocycles. The molecule has 0 atom stereocenters. The van der Waals surface area contributed by atoms with E-state index in [0.29, 0.717) is 11.4 Å². The van der Waals surface area contributed by atoms with Gasteiger partial charge in [-0.05, 0) is 25.0 Å². The number of nitriles is 1. The predicted molar refractivity (Wildman–Crippen MR) is 84.7 cm³/mol. The van der Waals surface area contributed by atoms with E-state index < -0.39 is 0 Å². The van der Waals surface area contributed by atoms with Gasteiger partial charge in [0.2, 0.25) is 0 Å². The third kappa shape index (κ3) is 3.31. The van der Waals surface area contributed by atoms with Crippen molar-refractivity contribution in [3.05, 3.63) is 35.0 Å². The average molecular weight is 299 g/mol. The number of hydrogen-bond donors (Lipinski definition) is 1. The first kappa shape index (κ1) is 13.8. The molecular formula is C15H17N5S. The second kappa shape index (κ2) is 6.55. The minimum Gasteiger partial charge on any atom is -0.369 e. The molecule has 0 spiro atoms. The minimum absolute atomic E-state index is 0.577. The zero-order chi connectivity index (χ0) is 14.5. The van der Waals surface area contributed by atoms with E-state index in [-0.39, 0.29) is 0 Å². The van der Waals surface area contributed by atoms with Crippen LogP contribution in [0, 0.1) is 11.3 Å². The summed E-state index contributed by atoms with van der Waals surface area (Å²) in [4.78, 5) is 11.2. The molecule has 21 heavy (non-hydrogen) atoms. The summed E-state index contributed by atoms with van der Waals surface area (Å²) in [6.07, 6.45) is 5.07. The molecule has 0 unspecified atom stereocenters. The molecule has 1 aliphatic heterocycles. The van der Waals surface area contributed by atoms with Crippen LogP contribution >= 0.6 is 11.3 Å². The molecule has 2 aromatic rings. The second-order valence-corrected chi connectivity index (χ2v) is 5.84. The van der Waals surface area contributed by atoms with Crippen molar-refractivity contribution >= 4 is 22.3 Å². The second-order valence-electron chi connectivity index (χ2n) is 5.00. The fourth-order valence-electron chi connectivity index (χ4n) is 2.41. The van der Waals surface area contributed by atoms with E-state index in [1.54, 1.807) is 29.7 Å². The van der Waals surface area contributed by atoms with Crippen LogP contribution in [0.5, 0.6) is 0 Å². The molecule has 0 aliphatic carbocycles. The van der Waals surface area contributed by atoms with Gasteiger partial charge in [0.15, 0.2) is 5.13 Å². The van der Waals surface area contributed by atoms with E-state index >= 15 is 0 Å². The van der Waals surface area contributed by atoms with Crippen LogP contribution in [0.1, 0.15) is 24.1 Å². The van der Waals surface area contributed by atoms with Gasteiger partial charge < -0.3 is 10.2 Å². The lowest BCUT2D eigenvalue weighted by Crippen LogP contribution is -2.17. The molecule has 5 nitrogen and oxygen atoms in total. The normalized spacial score (nSPS) is 14.1. The smallest absolute Gasteiger partial charge is 0.185 e. The Bertz CT molecular complexity index is 640. The van der Waals surface area contributed by atoms with Crippen LogP contribution in [0.15, 0.2) is 23.7 Å². The molecule has 0 saturated carbocycles. The van der Waals surface area contributed by atoms with Crippen LogP contribution in [0.4, 0.5) is 10.9 Å². The molecule has 6 heteroatoms. The fourth-order valence-corrected chi connectivity index (χ4v) is 3.32. The minimum atomic E-state index is 0.577. The Labute approximate surface area is 128 Å². The number of hydrogen-bond acceptors (Lipinski definition) is 6. The largest absolute Gasteiger partial charge is 0.369 e. The maximum Gasteiger partial charge on any atom is 0.185 e. The van der Waals surface area contributed by atoms with Crippen molar-refractivity contribution in [1.29, 1.82) is 5.26 Å². The Morgan fingerprint density at radius 3 is 3.05 bits per heavy atom. The summed E-state index contributed by atoms with van der Waals surface area (Å²) in [5.74, 6) is 0.648. The molecule has 1 fully saturated rings. The van der Waals surface area contributed by atoms with Crippen molar-refractivity contribution in [2.75, 3.05) is 29.9 Å². The van der Waals surface area contributed by atoms with Gasteiger partial charge in [0.1, 0.15) is 11.9 Å². The molecule has 2 aromatic heterocycles. The SMILES string of the molecule is N#Cc1cccnc1NCCc1csc(N2CCCC2)n1. The number of nitrogens with zero attached hydrogens (tertiary/aromatic N) is 4. The Hall–Kier alpha value is -2.13. The summed E-state index contributed by atoms with van der Waals surface area (Å²) in [5.41, 5.74) is 1.68. The maximum atomic E-state index is 9.01. The van der Waals surface area contributed by atoms with Gasteiger partial charge in [0.05, 0.1) is 11.3 Å². The van der Waals surface area contributed by atoms with Gasteiger partial charge >= 0.3 is 0 Å². The number of aromatic nitrogens is 2. The van der Waals surface area contributed by atoms with Crippen LogP contribution in [0.3, 0.4) is 0 Å². The number of thiazole rings is 1. The van der Waals surface area contributed by atoms with Gasteiger partial charge in [0.25, 0.3) is 0 Å². The first-order chi connectivity index (χ1) is 10.4. The Morgan fingerprint density at radius 2 is 2.24 bits per heavy atom. The monoisotopic (exact) mass is 299 g/mol. The van der Waals surface area contributed by atoms with Gasteiger partial charge in [-0.15, -0.1) is 11.3 Å². The summed E-state index contributed by atoms with van der Waals surface area (Å²) in [5, 5.41) is 15.5. The molecule has 3 rings (SSSR count). The van der Waals surface area contributed by atoms with Crippen molar-refractivity contribution in [3.8, 4) is 6.07 Å². The van der Waals surface area contributed by atoms with E-state index in [1.165, 1.54) is 12.8 Å². The zero-order valence-electron chi connectivity index (χ0n) is 11.7. The van der Waals surface area contributed by atoms with Crippen molar-refractivity contribution in [3.63, 3.8) is 0 Å². The van der Waals surface area contributed by atoms with Crippen molar-refractivity contribution < 1.29 is 0 Å². The van der Waals surface area contributed by atoms with Crippen molar-refractivity contribution in [2.24, 2.45) is 0 Å². The topological polar surface area (TPSA) is 64.8 Å². The van der Waals surface area contributed by atoms with E-state index in [1.807, 2.05) is 0 Å². The van der Waals surface area contributed by atoms with E-state index in [2.05, 4.69) is 31.6 Å². The highest BCUT2D eigenvalue weighted by Gasteiger charge is 2.15. The van der Waals surface area contributed by atoms with Gasteiger partial charge in [-0.25, -0.2) is 9.97 Å². The van der Waals surface area contributed by atoms with E-state index in [0.717, 1.165) is 36.9 Å². The van der Waals surface area contributed by atoms with Crippen LogP contribution in [-0.2, 0) is 6.42 Å². The molecule has 1 aliphatic rings. The molecular weight excluding hydrogens is 282 g/mol. The van der Waals surface area contributed by atoms with Crippen molar-refractivity contribution in [1.82, 2.24) is 9.97 Å². The van der Waals surface area contributed by atoms with E-state index in [9.17, 15) is 0 Å². The first-order valence-corrected chi connectivity index (χ1v) is 8.03. The molecule has 108 valence electrons. The summed E-state index contributed by atoms with van der Waals surface area (Å²) < 4.78 is 0. The van der Waals surface area contributed by atoms with E-state index in [4.69, 9.17) is 5.26 Å². The molecule has 0 radical (unpaired) electrons. The molecule has 0 bridgehead atoms. The quantitative estimate of drug-likeness (QED) is 0.919. The summed E-state index contributed by atoms with van der Waals surface area (Å²) >= 11 is 1.72. The Balaban J connectivity index is 1.55. The standard InChI is InChI=1S/C15H17N5S/c16-10-12-4-3-6-17-14(12)18-7-5-13-11-21-15(19-13)20-8-1-2-9-20/h3-4,6,11H,1-2,5,7-9H2,(H,17,18). The maximum absolute atomic E-state index is 9.01. The van der Waals surface area contributed by atoms with Crippen molar-refractivity contribution in [2.45, 2.75) is 19.3 Å². The lowest BCUT2D eigenvalue weighted by molar-refractivity contribution is 0.923. The third-order valence-electron chi connectivity index (χ3n) is 3.52. The third-order valence-corrected chi connectivity index (χ3v) is 4.47. The van der Waals surface area contributed by atoms with Crippen LogP contribution < -0.4 is 10.2 Å². The number of pyridine rings is 1. The van der Waals surface area contributed by atoms with Crippen LogP contribution in [0.2, 0.25) is 0 Å². The molecule has 3 heterocycles. The summed E-state index contributed by atoms with van der Waals surface area (Å²) in [6.45, 7) is 2.99. The summed E-state index contributed by atoms with van der Waals surface area (Å²) in [7, 11) is 0. The Morgan fingerprint density at radius 1 is 1.38 bits per heavy atom. The highest BCUT2D eigenvalue weighted by atomic mass is 32.1. The molecule has 0 amide bonds. The lowest BCUT2D eigenvalue weighted by Gasteiger charge is -2.12. The summed E-state index contributed by atoms with van der Waals surface area (Å²) in [6, 6.07) is 5.68. The van der Waals surface area contributed by atoms with Gasteiger partial charge in [-0.1, -0.05) is 0 Å². The lowest BCUT2D eigenvalue weighted by atomic mass is 10.2. The van der Waals surface area contributed by atoms with Gasteiger partial charge in [-0.2, -0.15) is 5.26 Å². The highest BCUT2D eigenvalue weighted by molar-refractivity contribution is 7.13. The average Bonchev–Trinajstić information content (AvgIpc) is 3.18. The van der Waals surface area contributed by atoms with Crippen LogP contribution in [0.25, 0.3) is 0 Å². The van der Waals surface area contributed by atoms with Gasteiger partial charge in [0, 0.05) is 37.6 Å². The van der Waals surface area contributed by atoms with Gasteiger partial charge in [-0.3, -0.25) is 0 Å². The van der Waals surface area contributed by atoms with Crippen LogP contribution in [-0.4, -0.2) is 29.6 Å². The molecule has 1 N–H and O–H groups in total. The zero-order valence-corrected chi connectivity index (χ0v) is 12.6. The number of anilines is 2.